The molecule has 0 unspecified atom stereocenters. The number of amides is 2. The van der Waals surface area contributed by atoms with Crippen LogP contribution in [0.15, 0.2) is 33.3 Å². The van der Waals surface area contributed by atoms with E-state index >= 15 is 0 Å². The van der Waals surface area contributed by atoms with Crippen molar-refractivity contribution in [3.05, 3.63) is 47.3 Å². The van der Waals surface area contributed by atoms with Gasteiger partial charge in [-0.2, -0.15) is 0 Å². The second-order valence-corrected chi connectivity index (χ2v) is 4.69. The van der Waals surface area contributed by atoms with Crippen molar-refractivity contribution in [2.75, 3.05) is 6.54 Å². The molecule has 0 bridgehead atoms. The van der Waals surface area contributed by atoms with Crippen LogP contribution in [0.25, 0.3) is 0 Å². The second-order valence-electron chi connectivity index (χ2n) is 4.69. The summed E-state index contributed by atoms with van der Waals surface area (Å²) >= 11 is 0. The molecular formula is C15H18N2O4. The van der Waals surface area contributed by atoms with Crippen LogP contribution in [-0.2, 0) is 11.3 Å². The van der Waals surface area contributed by atoms with Crippen LogP contribution in [0.3, 0.4) is 0 Å². The highest BCUT2D eigenvalue weighted by Crippen LogP contribution is 2.13. The summed E-state index contributed by atoms with van der Waals surface area (Å²) in [5.74, 6) is 1.58. The maximum Gasteiger partial charge on any atom is 0.254 e. The Labute approximate surface area is 122 Å². The Balaban J connectivity index is 1.70. The zero-order valence-corrected chi connectivity index (χ0v) is 12.1. The van der Waals surface area contributed by atoms with Crippen molar-refractivity contribution in [2.45, 2.75) is 26.8 Å². The van der Waals surface area contributed by atoms with Gasteiger partial charge in [-0.1, -0.05) is 0 Å². The fourth-order valence-electron chi connectivity index (χ4n) is 1.93. The van der Waals surface area contributed by atoms with E-state index in [0.29, 0.717) is 29.4 Å². The van der Waals surface area contributed by atoms with Crippen molar-refractivity contribution < 1.29 is 18.4 Å². The normalized spacial score (nSPS) is 10.4. The number of nitrogens with one attached hydrogen (secondary N) is 2. The lowest BCUT2D eigenvalue weighted by atomic mass is 10.2. The first-order valence-electron chi connectivity index (χ1n) is 6.70. The van der Waals surface area contributed by atoms with Crippen LogP contribution in [0.5, 0.6) is 0 Å². The summed E-state index contributed by atoms with van der Waals surface area (Å²) in [6, 6.07) is 5.23. The lowest BCUT2D eigenvalue weighted by Gasteiger charge is -2.05. The Morgan fingerprint density at radius 3 is 2.67 bits per heavy atom. The first-order valence-corrected chi connectivity index (χ1v) is 6.70. The molecule has 0 aliphatic heterocycles. The van der Waals surface area contributed by atoms with Gasteiger partial charge in [-0.25, -0.2) is 0 Å². The van der Waals surface area contributed by atoms with Crippen molar-refractivity contribution >= 4 is 11.8 Å². The van der Waals surface area contributed by atoms with Crippen LogP contribution in [0, 0.1) is 13.8 Å². The van der Waals surface area contributed by atoms with Crippen LogP contribution in [0.1, 0.15) is 34.1 Å². The van der Waals surface area contributed by atoms with E-state index in [9.17, 15) is 9.59 Å². The van der Waals surface area contributed by atoms with Gasteiger partial charge >= 0.3 is 0 Å². The number of carbonyl (C=O) groups excluding carboxylic acids is 2. The number of furan rings is 2. The number of hydrogen-bond acceptors (Lipinski definition) is 4. The van der Waals surface area contributed by atoms with Crippen molar-refractivity contribution in [1.82, 2.24) is 10.6 Å². The number of hydrogen-bond donors (Lipinski definition) is 2. The predicted octanol–water partition coefficient (Wildman–Crippen LogP) is 1.93. The van der Waals surface area contributed by atoms with Crippen LogP contribution in [0.2, 0.25) is 0 Å². The molecule has 2 aromatic heterocycles. The Hall–Kier alpha value is -2.50. The minimum Gasteiger partial charge on any atom is -0.467 e. The summed E-state index contributed by atoms with van der Waals surface area (Å²) in [6.45, 7) is 4.14. The molecule has 0 aromatic carbocycles. The van der Waals surface area contributed by atoms with Crippen LogP contribution >= 0.6 is 0 Å². The molecule has 0 atom stereocenters. The summed E-state index contributed by atoms with van der Waals surface area (Å²) in [7, 11) is 0. The van der Waals surface area contributed by atoms with E-state index < -0.39 is 0 Å². The fourth-order valence-corrected chi connectivity index (χ4v) is 1.93. The highest BCUT2D eigenvalue weighted by Gasteiger charge is 2.13. The van der Waals surface area contributed by atoms with E-state index in [0.717, 1.165) is 0 Å². The smallest absolute Gasteiger partial charge is 0.254 e. The fraction of sp³-hybridized carbons (Fsp3) is 0.333. The monoisotopic (exact) mass is 290 g/mol. The molecule has 0 saturated carbocycles. The average Bonchev–Trinajstić information content (AvgIpc) is 3.05. The van der Waals surface area contributed by atoms with Crippen molar-refractivity contribution in [3.63, 3.8) is 0 Å². The van der Waals surface area contributed by atoms with Crippen LogP contribution < -0.4 is 10.6 Å². The Kier molecular flexibility index (Phi) is 4.81. The summed E-state index contributed by atoms with van der Waals surface area (Å²) in [5, 5.41) is 5.41. The van der Waals surface area contributed by atoms with Crippen LogP contribution in [-0.4, -0.2) is 18.4 Å². The third-order valence-electron chi connectivity index (χ3n) is 2.96. The zero-order valence-electron chi connectivity index (χ0n) is 12.1. The molecule has 2 heterocycles. The summed E-state index contributed by atoms with van der Waals surface area (Å²) in [4.78, 5) is 23.5. The molecule has 6 heteroatoms. The molecule has 21 heavy (non-hydrogen) atoms. The maximum atomic E-state index is 11.9. The minimum absolute atomic E-state index is 0.146. The molecule has 0 radical (unpaired) electrons. The van der Waals surface area contributed by atoms with Crippen molar-refractivity contribution in [3.8, 4) is 0 Å². The highest BCUT2D eigenvalue weighted by molar-refractivity contribution is 5.95. The zero-order chi connectivity index (χ0) is 15.2. The Bertz CT molecular complexity index is 614. The topological polar surface area (TPSA) is 84.5 Å². The lowest BCUT2D eigenvalue weighted by molar-refractivity contribution is -0.121. The average molecular weight is 290 g/mol. The molecule has 0 saturated heterocycles. The molecule has 112 valence electrons. The van der Waals surface area contributed by atoms with Crippen molar-refractivity contribution in [2.24, 2.45) is 0 Å². The first-order chi connectivity index (χ1) is 10.1. The van der Waals surface area contributed by atoms with Gasteiger partial charge in [-0.3, -0.25) is 9.59 Å². The third kappa shape index (κ3) is 4.24. The van der Waals surface area contributed by atoms with E-state index in [2.05, 4.69) is 10.6 Å². The van der Waals surface area contributed by atoms with E-state index in [4.69, 9.17) is 8.83 Å². The lowest BCUT2D eigenvalue weighted by Crippen LogP contribution is -2.30. The molecule has 0 aliphatic carbocycles. The second kappa shape index (κ2) is 6.78. The van der Waals surface area contributed by atoms with Gasteiger partial charge in [0.15, 0.2) is 0 Å². The number of aryl methyl sites for hydroxylation is 2. The third-order valence-corrected chi connectivity index (χ3v) is 2.96. The number of rotatable bonds is 6. The first kappa shape index (κ1) is 14.9. The molecule has 2 amide bonds. The van der Waals surface area contributed by atoms with E-state index in [1.165, 1.54) is 0 Å². The van der Waals surface area contributed by atoms with Crippen molar-refractivity contribution in [1.29, 1.82) is 0 Å². The van der Waals surface area contributed by atoms with E-state index in [1.807, 2.05) is 0 Å². The molecule has 6 nitrogen and oxygen atoms in total. The molecule has 0 fully saturated rings. The molecule has 0 aliphatic rings. The van der Waals surface area contributed by atoms with Gasteiger partial charge in [-0.15, -0.1) is 0 Å². The van der Waals surface area contributed by atoms with Gasteiger partial charge in [0.2, 0.25) is 5.91 Å². The minimum atomic E-state index is -0.233. The largest absolute Gasteiger partial charge is 0.467 e. The van der Waals surface area contributed by atoms with E-state index in [-0.39, 0.29) is 24.8 Å². The molecule has 2 aromatic rings. The molecule has 2 N–H and O–H groups in total. The molecule has 0 spiro atoms. The Morgan fingerprint density at radius 1 is 1.24 bits per heavy atom. The number of carbonyl (C=O) groups is 2. The predicted molar refractivity (Wildman–Crippen MR) is 75.7 cm³/mol. The van der Waals surface area contributed by atoms with Gasteiger partial charge in [0.25, 0.3) is 5.91 Å². The quantitative estimate of drug-likeness (QED) is 0.851. The molecular weight excluding hydrogens is 272 g/mol. The molecule has 2 rings (SSSR count). The van der Waals surface area contributed by atoms with Gasteiger partial charge in [0.05, 0.1) is 18.4 Å². The van der Waals surface area contributed by atoms with E-state index in [1.54, 1.807) is 38.3 Å². The maximum absolute atomic E-state index is 11.9. The van der Waals surface area contributed by atoms with Gasteiger partial charge in [0.1, 0.15) is 17.3 Å². The summed E-state index contributed by atoms with van der Waals surface area (Å²) in [6.07, 6.45) is 1.76. The van der Waals surface area contributed by atoms with Crippen LogP contribution in [0.4, 0.5) is 0 Å². The Morgan fingerprint density at radius 2 is 2.05 bits per heavy atom. The summed E-state index contributed by atoms with van der Waals surface area (Å²) in [5.41, 5.74) is 0.503. The standard InChI is InChI=1S/C15H18N2O4/c1-10-8-13(11(2)21-10)15(19)16-6-5-14(18)17-9-12-4-3-7-20-12/h3-4,7-8H,5-6,9H2,1-2H3,(H,16,19)(H,17,18). The highest BCUT2D eigenvalue weighted by atomic mass is 16.3. The van der Waals surface area contributed by atoms with Gasteiger partial charge in [0, 0.05) is 13.0 Å². The van der Waals surface area contributed by atoms with Gasteiger partial charge in [-0.05, 0) is 32.0 Å². The van der Waals surface area contributed by atoms with Gasteiger partial charge < -0.3 is 19.5 Å². The SMILES string of the molecule is Cc1cc(C(=O)NCCC(=O)NCc2ccco2)c(C)o1. The summed E-state index contributed by atoms with van der Waals surface area (Å²) < 4.78 is 10.4.